The number of ether oxygens (including phenoxy) is 1. The number of carboxylic acids is 1. The number of amides is 2. The number of aromatic carboxylic acids is 1. The van der Waals surface area contributed by atoms with Crippen molar-refractivity contribution in [3.63, 3.8) is 0 Å². The van der Waals surface area contributed by atoms with Crippen LogP contribution in [0.5, 0.6) is 5.75 Å². The van der Waals surface area contributed by atoms with E-state index in [9.17, 15) is 19.5 Å². The summed E-state index contributed by atoms with van der Waals surface area (Å²) in [5, 5.41) is 18.0. The van der Waals surface area contributed by atoms with E-state index in [0.29, 0.717) is 39.0 Å². The van der Waals surface area contributed by atoms with Crippen LogP contribution in [0, 0.1) is 0 Å². The van der Waals surface area contributed by atoms with Gasteiger partial charge < -0.3 is 15.2 Å². The maximum Gasteiger partial charge on any atom is 0.335 e. The molecule has 1 aliphatic rings. The first-order valence-corrected chi connectivity index (χ1v) is 13.2. The first kappa shape index (κ1) is 26.9. The molecule has 2 heterocycles. The molecule has 200 valence electrons. The highest BCUT2D eigenvalue weighted by atomic mass is 35.5. The van der Waals surface area contributed by atoms with Crippen LogP contribution in [-0.4, -0.2) is 35.7 Å². The lowest BCUT2D eigenvalue weighted by Gasteiger charge is -2.12. The van der Waals surface area contributed by atoms with Gasteiger partial charge >= 0.3 is 5.97 Å². The third kappa shape index (κ3) is 5.51. The first-order valence-electron chi connectivity index (χ1n) is 12.0. The Labute approximate surface area is 238 Å². The Morgan fingerprint density at radius 1 is 1.05 bits per heavy atom. The fraction of sp³-hybridized carbons (Fsp3) is 0.0667. The van der Waals surface area contributed by atoms with Crippen LogP contribution >= 0.6 is 22.9 Å². The molecule has 3 aromatic carbocycles. The Hall–Kier alpha value is -4.73. The number of hydrogen-bond acceptors (Lipinski definition) is 6. The SMILES string of the molecule is COc1cccc(NC(=O)c2cc(-c3ccc(/C=C4\C(=O)N(c5cccc(C(=O)O)c5)N=C4C)s3)ccc2Cl)c1. The molecule has 2 amide bonds. The number of hydrazone groups is 1. The minimum absolute atomic E-state index is 0.0676. The Balaban J connectivity index is 1.37. The molecule has 10 heteroatoms. The van der Waals surface area contributed by atoms with Crippen LogP contribution in [0.3, 0.4) is 0 Å². The van der Waals surface area contributed by atoms with E-state index < -0.39 is 5.97 Å². The van der Waals surface area contributed by atoms with Crippen molar-refractivity contribution in [1.29, 1.82) is 0 Å². The predicted octanol–water partition coefficient (Wildman–Crippen LogP) is 6.83. The summed E-state index contributed by atoms with van der Waals surface area (Å²) in [4.78, 5) is 39.2. The number of benzene rings is 3. The lowest BCUT2D eigenvalue weighted by Crippen LogP contribution is -2.21. The Kier molecular flexibility index (Phi) is 7.50. The van der Waals surface area contributed by atoms with Crippen LogP contribution in [-0.2, 0) is 4.79 Å². The predicted molar refractivity (Wildman–Crippen MR) is 158 cm³/mol. The number of carbonyl (C=O) groups excluding carboxylic acids is 2. The van der Waals surface area contributed by atoms with Gasteiger partial charge in [0.15, 0.2) is 0 Å². The maximum atomic E-state index is 13.2. The number of carboxylic acid groups (broad SMARTS) is 1. The molecule has 0 atom stereocenters. The van der Waals surface area contributed by atoms with Gasteiger partial charge in [-0.25, -0.2) is 4.79 Å². The van der Waals surface area contributed by atoms with Gasteiger partial charge in [-0.1, -0.05) is 29.8 Å². The number of nitrogens with one attached hydrogen (secondary N) is 1. The summed E-state index contributed by atoms with van der Waals surface area (Å²) in [6.07, 6.45) is 1.75. The largest absolute Gasteiger partial charge is 0.497 e. The summed E-state index contributed by atoms with van der Waals surface area (Å²) in [5.74, 6) is -1.16. The zero-order valence-corrected chi connectivity index (χ0v) is 22.9. The summed E-state index contributed by atoms with van der Waals surface area (Å²) in [5.41, 5.74) is 3.07. The quantitative estimate of drug-likeness (QED) is 0.236. The van der Waals surface area contributed by atoms with Crippen LogP contribution in [0.15, 0.2) is 89.5 Å². The number of anilines is 2. The average Bonchev–Trinajstić information content (AvgIpc) is 3.53. The van der Waals surface area contributed by atoms with Gasteiger partial charge in [0.05, 0.1) is 40.2 Å². The van der Waals surface area contributed by atoms with Crippen LogP contribution in [0.2, 0.25) is 5.02 Å². The van der Waals surface area contributed by atoms with E-state index in [1.54, 1.807) is 68.6 Å². The summed E-state index contributed by atoms with van der Waals surface area (Å²) in [7, 11) is 1.55. The number of hydrogen-bond donors (Lipinski definition) is 2. The molecule has 0 saturated carbocycles. The third-order valence-corrected chi connectivity index (χ3v) is 7.55. The van der Waals surface area contributed by atoms with Crippen LogP contribution in [0.4, 0.5) is 11.4 Å². The minimum Gasteiger partial charge on any atom is -0.497 e. The molecule has 8 nitrogen and oxygen atoms in total. The van der Waals surface area contributed by atoms with E-state index in [1.807, 2.05) is 18.2 Å². The molecule has 0 saturated heterocycles. The molecular formula is C30H22ClN3O5S. The molecule has 5 rings (SSSR count). The molecule has 40 heavy (non-hydrogen) atoms. The monoisotopic (exact) mass is 571 g/mol. The van der Waals surface area contributed by atoms with Gasteiger partial charge in [0, 0.05) is 21.5 Å². The molecule has 0 spiro atoms. The Bertz CT molecular complexity index is 1730. The second-order valence-corrected chi connectivity index (χ2v) is 10.3. The number of rotatable bonds is 7. The maximum absolute atomic E-state index is 13.2. The smallest absolute Gasteiger partial charge is 0.335 e. The molecular weight excluding hydrogens is 550 g/mol. The standard InChI is InChI=1S/C30H22ClN3O5S/c1-17-24(29(36)34(33-17)21-7-3-5-19(13-21)30(37)38)16-23-10-12-27(40-23)18-9-11-26(31)25(14-18)28(35)32-20-6-4-8-22(15-20)39-2/h3-16H,1-2H3,(H,32,35)(H,37,38)/b24-16-. The number of methoxy groups -OCH3 is 1. The molecule has 2 N–H and O–H groups in total. The average molecular weight is 572 g/mol. The van der Waals surface area contributed by atoms with E-state index in [-0.39, 0.29) is 17.4 Å². The van der Waals surface area contributed by atoms with Crippen molar-refractivity contribution in [2.75, 3.05) is 17.4 Å². The first-order chi connectivity index (χ1) is 19.2. The van der Waals surface area contributed by atoms with Crippen molar-refractivity contribution in [2.24, 2.45) is 5.10 Å². The summed E-state index contributed by atoms with van der Waals surface area (Å²) < 4.78 is 5.21. The number of thiophene rings is 1. The van der Waals surface area contributed by atoms with Crippen LogP contribution in [0.25, 0.3) is 16.5 Å². The topological polar surface area (TPSA) is 108 Å². The van der Waals surface area contributed by atoms with E-state index in [4.69, 9.17) is 16.3 Å². The zero-order valence-electron chi connectivity index (χ0n) is 21.3. The van der Waals surface area contributed by atoms with Gasteiger partial charge in [-0.3, -0.25) is 9.59 Å². The molecule has 0 bridgehead atoms. The Morgan fingerprint density at radius 3 is 2.62 bits per heavy atom. The molecule has 1 aliphatic heterocycles. The molecule has 0 unspecified atom stereocenters. The van der Waals surface area contributed by atoms with E-state index in [2.05, 4.69) is 10.4 Å². The van der Waals surface area contributed by atoms with Gasteiger partial charge in [-0.2, -0.15) is 10.1 Å². The van der Waals surface area contributed by atoms with Crippen molar-refractivity contribution in [3.8, 4) is 16.2 Å². The fourth-order valence-electron chi connectivity index (χ4n) is 4.11. The van der Waals surface area contributed by atoms with Gasteiger partial charge in [0.2, 0.25) is 0 Å². The fourth-order valence-corrected chi connectivity index (χ4v) is 5.26. The lowest BCUT2D eigenvalue weighted by molar-refractivity contribution is -0.114. The van der Waals surface area contributed by atoms with Crippen LogP contribution in [0.1, 0.15) is 32.5 Å². The third-order valence-electron chi connectivity index (χ3n) is 6.14. The summed E-state index contributed by atoms with van der Waals surface area (Å²) in [6, 6.07) is 22.1. The molecule has 0 fully saturated rings. The van der Waals surface area contributed by atoms with Gasteiger partial charge in [-0.05, 0) is 73.2 Å². The molecule has 4 aromatic rings. The van der Waals surface area contributed by atoms with Crippen LogP contribution < -0.4 is 15.1 Å². The second-order valence-electron chi connectivity index (χ2n) is 8.80. The van der Waals surface area contributed by atoms with Crippen molar-refractivity contribution >= 4 is 63.9 Å². The zero-order chi connectivity index (χ0) is 28.4. The summed E-state index contributed by atoms with van der Waals surface area (Å²) >= 11 is 7.81. The van der Waals surface area contributed by atoms with Crippen molar-refractivity contribution in [1.82, 2.24) is 0 Å². The second kappa shape index (κ2) is 11.2. The lowest BCUT2D eigenvalue weighted by atomic mass is 10.1. The number of nitrogens with zero attached hydrogens (tertiary/aromatic N) is 2. The highest BCUT2D eigenvalue weighted by Gasteiger charge is 2.29. The highest BCUT2D eigenvalue weighted by molar-refractivity contribution is 7.16. The van der Waals surface area contributed by atoms with E-state index >= 15 is 0 Å². The van der Waals surface area contributed by atoms with E-state index in [1.165, 1.54) is 28.5 Å². The van der Waals surface area contributed by atoms with E-state index in [0.717, 1.165) is 15.3 Å². The van der Waals surface area contributed by atoms with Crippen molar-refractivity contribution in [2.45, 2.75) is 6.92 Å². The van der Waals surface area contributed by atoms with Gasteiger partial charge in [0.25, 0.3) is 11.8 Å². The van der Waals surface area contributed by atoms with Crippen molar-refractivity contribution < 1.29 is 24.2 Å². The molecule has 1 aromatic heterocycles. The highest BCUT2D eigenvalue weighted by Crippen LogP contribution is 2.34. The summed E-state index contributed by atoms with van der Waals surface area (Å²) in [6.45, 7) is 1.73. The molecule has 0 aliphatic carbocycles. The van der Waals surface area contributed by atoms with Crippen molar-refractivity contribution in [3.05, 3.63) is 105 Å². The van der Waals surface area contributed by atoms with Gasteiger partial charge in [-0.15, -0.1) is 11.3 Å². The normalized spacial score (nSPS) is 13.9. The number of carbonyl (C=O) groups is 3. The molecule has 0 radical (unpaired) electrons. The van der Waals surface area contributed by atoms with Gasteiger partial charge in [0.1, 0.15) is 5.75 Å². The Morgan fingerprint density at radius 2 is 1.85 bits per heavy atom. The number of halogens is 1. The minimum atomic E-state index is -1.08.